The van der Waals surface area contributed by atoms with Gasteiger partial charge < -0.3 is 5.11 Å². The van der Waals surface area contributed by atoms with Crippen LogP contribution in [0, 0.1) is 0 Å². The summed E-state index contributed by atoms with van der Waals surface area (Å²) in [7, 11) is 0. The molecule has 0 aliphatic heterocycles. The van der Waals surface area contributed by atoms with Crippen LogP contribution in [0.2, 0.25) is 0 Å². The van der Waals surface area contributed by atoms with E-state index in [-0.39, 0.29) is 5.41 Å². The Hall–Kier alpha value is -1.26. The van der Waals surface area contributed by atoms with Gasteiger partial charge in [-0.1, -0.05) is 26.8 Å². The van der Waals surface area contributed by atoms with Crippen molar-refractivity contribution < 1.29 is 5.11 Å². The standard InChI is InChI=1S/C15H20N2OS/c1-15(2,3)13-10-19-14(17-13)9-12(18)8-11-6-4-5-7-16-11/h4-7,10,12,18H,8-9H2,1-3H3. The lowest BCUT2D eigenvalue weighted by Crippen LogP contribution is -2.16. The van der Waals surface area contributed by atoms with E-state index in [0.717, 1.165) is 16.4 Å². The van der Waals surface area contributed by atoms with Crippen LogP contribution in [0.5, 0.6) is 0 Å². The highest BCUT2D eigenvalue weighted by Crippen LogP contribution is 2.24. The van der Waals surface area contributed by atoms with Crippen LogP contribution in [0.1, 0.15) is 37.2 Å². The average molecular weight is 276 g/mol. The van der Waals surface area contributed by atoms with Crippen molar-refractivity contribution in [1.29, 1.82) is 0 Å². The van der Waals surface area contributed by atoms with Crippen LogP contribution >= 0.6 is 11.3 Å². The first-order valence-corrected chi connectivity index (χ1v) is 7.36. The molecule has 0 amide bonds. The molecule has 0 saturated heterocycles. The number of aliphatic hydroxyl groups is 1. The number of aromatic nitrogens is 2. The fourth-order valence-corrected chi connectivity index (χ4v) is 2.88. The van der Waals surface area contributed by atoms with E-state index >= 15 is 0 Å². The van der Waals surface area contributed by atoms with Gasteiger partial charge >= 0.3 is 0 Å². The molecule has 4 heteroatoms. The molecule has 2 aromatic rings. The van der Waals surface area contributed by atoms with Gasteiger partial charge in [0.2, 0.25) is 0 Å². The van der Waals surface area contributed by atoms with Crippen LogP contribution in [0.4, 0.5) is 0 Å². The molecule has 3 nitrogen and oxygen atoms in total. The number of thiazole rings is 1. The molecule has 0 saturated carbocycles. The van der Waals surface area contributed by atoms with Crippen molar-refractivity contribution in [3.05, 3.63) is 46.2 Å². The number of rotatable bonds is 4. The summed E-state index contributed by atoms with van der Waals surface area (Å²) in [6, 6.07) is 5.76. The maximum absolute atomic E-state index is 10.1. The highest BCUT2D eigenvalue weighted by atomic mass is 32.1. The highest BCUT2D eigenvalue weighted by molar-refractivity contribution is 7.09. The molecule has 0 aromatic carbocycles. The Bertz CT molecular complexity index is 516. The van der Waals surface area contributed by atoms with Gasteiger partial charge in [-0.25, -0.2) is 4.98 Å². The lowest BCUT2D eigenvalue weighted by Gasteiger charge is -2.14. The fourth-order valence-electron chi connectivity index (χ4n) is 1.78. The van der Waals surface area contributed by atoms with Crippen molar-refractivity contribution in [3.63, 3.8) is 0 Å². The molecule has 19 heavy (non-hydrogen) atoms. The molecule has 0 bridgehead atoms. The van der Waals surface area contributed by atoms with E-state index in [1.165, 1.54) is 0 Å². The first-order chi connectivity index (χ1) is 8.95. The number of hydrogen-bond donors (Lipinski definition) is 1. The second-order valence-corrected chi connectivity index (χ2v) is 6.70. The van der Waals surface area contributed by atoms with Gasteiger partial charge in [0.15, 0.2) is 0 Å². The van der Waals surface area contributed by atoms with Gasteiger partial charge in [0, 0.05) is 35.5 Å². The highest BCUT2D eigenvalue weighted by Gasteiger charge is 2.18. The summed E-state index contributed by atoms with van der Waals surface area (Å²) < 4.78 is 0. The predicted octanol–water partition coefficient (Wildman–Crippen LogP) is 2.98. The number of hydrogen-bond acceptors (Lipinski definition) is 4. The number of pyridine rings is 1. The monoisotopic (exact) mass is 276 g/mol. The van der Waals surface area contributed by atoms with Crippen molar-refractivity contribution in [2.24, 2.45) is 0 Å². The zero-order valence-electron chi connectivity index (χ0n) is 11.6. The lowest BCUT2D eigenvalue weighted by atomic mass is 9.93. The minimum atomic E-state index is -0.422. The van der Waals surface area contributed by atoms with E-state index < -0.39 is 6.10 Å². The maximum atomic E-state index is 10.1. The largest absolute Gasteiger partial charge is 0.392 e. The molecular weight excluding hydrogens is 256 g/mol. The van der Waals surface area contributed by atoms with E-state index in [1.807, 2.05) is 18.2 Å². The summed E-state index contributed by atoms with van der Waals surface area (Å²) in [4.78, 5) is 8.83. The first-order valence-electron chi connectivity index (χ1n) is 6.48. The summed E-state index contributed by atoms with van der Waals surface area (Å²) in [6.07, 6.45) is 2.50. The molecule has 102 valence electrons. The van der Waals surface area contributed by atoms with E-state index in [1.54, 1.807) is 17.5 Å². The van der Waals surface area contributed by atoms with Crippen molar-refractivity contribution >= 4 is 11.3 Å². The van der Waals surface area contributed by atoms with Crippen LogP contribution < -0.4 is 0 Å². The number of aliphatic hydroxyl groups excluding tert-OH is 1. The Morgan fingerprint density at radius 1 is 1.26 bits per heavy atom. The zero-order valence-corrected chi connectivity index (χ0v) is 12.4. The molecule has 1 N–H and O–H groups in total. The Balaban J connectivity index is 1.96. The van der Waals surface area contributed by atoms with Crippen molar-refractivity contribution in [2.75, 3.05) is 0 Å². The van der Waals surface area contributed by atoms with Gasteiger partial charge in [-0.05, 0) is 12.1 Å². The number of nitrogens with zero attached hydrogens (tertiary/aromatic N) is 2. The first kappa shape index (κ1) is 14.2. The second-order valence-electron chi connectivity index (χ2n) is 5.76. The Kier molecular flexibility index (Phi) is 4.32. The van der Waals surface area contributed by atoms with Crippen LogP contribution in [-0.2, 0) is 18.3 Å². The van der Waals surface area contributed by atoms with Gasteiger partial charge in [0.05, 0.1) is 16.8 Å². The summed E-state index contributed by atoms with van der Waals surface area (Å²) in [5.74, 6) is 0. The van der Waals surface area contributed by atoms with Gasteiger partial charge in [0.25, 0.3) is 0 Å². The average Bonchev–Trinajstić information content (AvgIpc) is 2.78. The van der Waals surface area contributed by atoms with Gasteiger partial charge in [-0.15, -0.1) is 11.3 Å². The molecule has 0 radical (unpaired) electrons. The molecule has 0 aliphatic carbocycles. The van der Waals surface area contributed by atoms with Gasteiger partial charge in [-0.3, -0.25) is 4.98 Å². The summed E-state index contributed by atoms with van der Waals surface area (Å²) in [6.45, 7) is 6.45. The third-order valence-electron chi connectivity index (χ3n) is 2.90. The molecule has 2 heterocycles. The van der Waals surface area contributed by atoms with E-state index in [0.29, 0.717) is 12.8 Å². The third kappa shape index (κ3) is 4.11. The van der Waals surface area contributed by atoms with Crippen LogP contribution in [-0.4, -0.2) is 21.2 Å². The molecule has 2 aromatic heterocycles. The molecule has 0 fully saturated rings. The summed E-state index contributed by atoms with van der Waals surface area (Å²) >= 11 is 1.62. The predicted molar refractivity (Wildman–Crippen MR) is 78.5 cm³/mol. The van der Waals surface area contributed by atoms with E-state index in [2.05, 4.69) is 36.1 Å². The normalized spacial score (nSPS) is 13.5. The molecular formula is C15H20N2OS. The molecule has 1 unspecified atom stereocenters. The van der Waals surface area contributed by atoms with Crippen LogP contribution in [0.15, 0.2) is 29.8 Å². The smallest absolute Gasteiger partial charge is 0.0954 e. The van der Waals surface area contributed by atoms with Gasteiger partial charge in [-0.2, -0.15) is 0 Å². The van der Waals surface area contributed by atoms with Crippen LogP contribution in [0.25, 0.3) is 0 Å². The third-order valence-corrected chi connectivity index (χ3v) is 3.77. The van der Waals surface area contributed by atoms with Crippen molar-refractivity contribution in [3.8, 4) is 0 Å². The summed E-state index contributed by atoms with van der Waals surface area (Å²) in [5, 5.41) is 13.2. The topological polar surface area (TPSA) is 46.0 Å². The Morgan fingerprint density at radius 2 is 2.05 bits per heavy atom. The SMILES string of the molecule is CC(C)(C)c1csc(CC(O)Cc2ccccn2)n1. The zero-order chi connectivity index (χ0) is 13.9. The summed E-state index contributed by atoms with van der Waals surface area (Å²) in [5.41, 5.74) is 2.08. The Morgan fingerprint density at radius 3 is 2.63 bits per heavy atom. The lowest BCUT2D eigenvalue weighted by molar-refractivity contribution is 0.174. The minimum absolute atomic E-state index is 0.0701. The van der Waals surface area contributed by atoms with Crippen LogP contribution in [0.3, 0.4) is 0 Å². The molecule has 0 aliphatic rings. The fraction of sp³-hybridized carbons (Fsp3) is 0.467. The quantitative estimate of drug-likeness (QED) is 0.934. The van der Waals surface area contributed by atoms with Crippen molar-refractivity contribution in [2.45, 2.75) is 45.1 Å². The molecule has 2 rings (SSSR count). The molecule has 0 spiro atoms. The maximum Gasteiger partial charge on any atom is 0.0954 e. The van der Waals surface area contributed by atoms with E-state index in [9.17, 15) is 5.11 Å². The van der Waals surface area contributed by atoms with Crippen molar-refractivity contribution in [1.82, 2.24) is 9.97 Å². The van der Waals surface area contributed by atoms with Gasteiger partial charge in [0.1, 0.15) is 0 Å². The minimum Gasteiger partial charge on any atom is -0.392 e. The van der Waals surface area contributed by atoms with E-state index in [4.69, 9.17) is 0 Å². The molecule has 1 atom stereocenters. The second kappa shape index (κ2) is 5.80. The Labute approximate surface area is 118 Å².